The smallest absolute Gasteiger partial charge is 0.309 e. The number of nitrogens with zero attached hydrogens (tertiary/aromatic N) is 1. The van der Waals surface area contributed by atoms with Crippen LogP contribution in [0, 0.1) is 62.6 Å². The van der Waals surface area contributed by atoms with Gasteiger partial charge < -0.3 is 9.84 Å². The van der Waals surface area contributed by atoms with Crippen LogP contribution in [-0.2, 0) is 4.79 Å². The summed E-state index contributed by atoms with van der Waals surface area (Å²) in [5.74, 6) is 3.50. The molecule has 5 saturated carbocycles. The van der Waals surface area contributed by atoms with Crippen LogP contribution in [0.1, 0.15) is 113 Å². The Morgan fingerprint density at radius 1 is 0.977 bits per heavy atom. The number of nitrogens with one attached hydrogen (secondary N) is 1. The van der Waals surface area contributed by atoms with E-state index in [4.69, 9.17) is 9.84 Å². The van der Waals surface area contributed by atoms with E-state index in [1.807, 2.05) is 18.2 Å². The van der Waals surface area contributed by atoms with E-state index in [2.05, 4.69) is 69.8 Å². The minimum absolute atomic E-state index is 0.0117. The SMILES string of the molecule is COc1cc(N/N=C2\CC[C@]3(C)[C@H]4CCC5[C@H]6[C@H](C(C)C)CCC6(C(=O)O)CC[C@@]5(C)[C@]4(C)CC[C@H]3C2(C)C)ccc1Br. The number of halogens is 1. The van der Waals surface area contributed by atoms with Crippen molar-refractivity contribution in [2.45, 2.75) is 113 Å². The number of carbonyl (C=O) groups is 1. The van der Waals surface area contributed by atoms with Gasteiger partial charge in [-0.2, -0.15) is 5.10 Å². The number of methoxy groups -OCH3 is 1. The molecule has 1 aromatic carbocycles. The first-order valence-corrected chi connectivity index (χ1v) is 17.8. The molecule has 6 heteroatoms. The molecule has 9 atom stereocenters. The molecule has 238 valence electrons. The average molecular weight is 656 g/mol. The molecule has 5 aliphatic rings. The van der Waals surface area contributed by atoms with E-state index in [-0.39, 0.29) is 21.7 Å². The number of carboxylic acids is 1. The van der Waals surface area contributed by atoms with Gasteiger partial charge in [-0.3, -0.25) is 10.2 Å². The van der Waals surface area contributed by atoms with Gasteiger partial charge in [0.05, 0.1) is 22.7 Å². The van der Waals surface area contributed by atoms with Crippen LogP contribution >= 0.6 is 15.9 Å². The molecule has 0 aromatic heterocycles. The standard InChI is InChI=1S/C37H55BrN2O3/c1-22(2)24-13-18-37(32(41)42)20-19-35(6)25(31(24)37)10-12-29-34(5)16-15-30(33(3,4)28(34)14-17-36(29,35)7)40-39-23-9-11-26(38)27(21-23)43-8/h9,11,21-22,24-25,28-29,31,39H,10,12-20H2,1-8H3,(H,41,42)/b40-30+/t24-,25?,28-,29+,31+,34-,35+,36+,37?/m0/s1. The van der Waals surface area contributed by atoms with Gasteiger partial charge in [0.25, 0.3) is 0 Å². The Kier molecular flexibility index (Phi) is 7.67. The van der Waals surface area contributed by atoms with Crippen LogP contribution in [0.4, 0.5) is 5.69 Å². The lowest BCUT2D eigenvalue weighted by molar-refractivity contribution is -0.232. The second-order valence-corrected chi connectivity index (χ2v) is 17.7. The third-order valence-electron chi connectivity index (χ3n) is 15.0. The maximum atomic E-state index is 13.0. The normalized spacial score (nSPS) is 44.2. The highest BCUT2D eigenvalue weighted by molar-refractivity contribution is 9.10. The summed E-state index contributed by atoms with van der Waals surface area (Å²) in [7, 11) is 1.69. The Balaban J connectivity index is 1.29. The van der Waals surface area contributed by atoms with Crippen LogP contribution in [0.25, 0.3) is 0 Å². The van der Waals surface area contributed by atoms with E-state index in [9.17, 15) is 9.90 Å². The number of hydrogen-bond acceptors (Lipinski definition) is 4. The summed E-state index contributed by atoms with van der Waals surface area (Å²) in [6, 6.07) is 6.04. The summed E-state index contributed by atoms with van der Waals surface area (Å²) in [4.78, 5) is 13.0. The van der Waals surface area contributed by atoms with E-state index >= 15 is 0 Å². The number of carboxylic acid groups (broad SMARTS) is 1. The summed E-state index contributed by atoms with van der Waals surface area (Å²) >= 11 is 3.55. The number of rotatable bonds is 5. The highest BCUT2D eigenvalue weighted by Gasteiger charge is 2.72. The highest BCUT2D eigenvalue weighted by atomic mass is 79.9. The van der Waals surface area contributed by atoms with Crippen molar-refractivity contribution in [2.75, 3.05) is 12.5 Å². The van der Waals surface area contributed by atoms with Crippen LogP contribution in [0.3, 0.4) is 0 Å². The maximum Gasteiger partial charge on any atom is 0.309 e. The van der Waals surface area contributed by atoms with Crippen molar-refractivity contribution in [3.63, 3.8) is 0 Å². The van der Waals surface area contributed by atoms with E-state index in [0.717, 1.165) is 48.0 Å². The number of aliphatic carboxylic acids is 1. The minimum Gasteiger partial charge on any atom is -0.495 e. The Morgan fingerprint density at radius 2 is 1.72 bits per heavy atom. The zero-order valence-corrected chi connectivity index (χ0v) is 29.4. The zero-order valence-electron chi connectivity index (χ0n) is 27.9. The summed E-state index contributed by atoms with van der Waals surface area (Å²) in [5, 5.41) is 15.7. The minimum atomic E-state index is -0.498. The van der Waals surface area contributed by atoms with Gasteiger partial charge in [0, 0.05) is 17.2 Å². The predicted molar refractivity (Wildman–Crippen MR) is 178 cm³/mol. The fraction of sp³-hybridized carbons (Fsp3) is 0.784. The van der Waals surface area contributed by atoms with Crippen LogP contribution in [0.15, 0.2) is 27.8 Å². The maximum absolute atomic E-state index is 13.0. The molecule has 5 aliphatic carbocycles. The first-order valence-electron chi connectivity index (χ1n) is 17.1. The Hall–Kier alpha value is -1.56. The number of benzene rings is 1. The fourth-order valence-corrected chi connectivity index (χ4v) is 13.0. The van der Waals surface area contributed by atoms with E-state index in [1.165, 1.54) is 37.8 Å². The summed E-state index contributed by atoms with van der Waals surface area (Å²) in [6.07, 6.45) is 11.1. The van der Waals surface area contributed by atoms with E-state index in [1.54, 1.807) is 7.11 Å². The average Bonchev–Trinajstić information content (AvgIpc) is 3.35. The first-order chi connectivity index (χ1) is 20.2. The monoisotopic (exact) mass is 654 g/mol. The Bertz CT molecular complexity index is 1310. The lowest BCUT2D eigenvalue weighted by Gasteiger charge is -2.72. The molecule has 0 aliphatic heterocycles. The number of anilines is 1. The molecule has 0 spiro atoms. The lowest BCUT2D eigenvalue weighted by atomic mass is 9.32. The van der Waals surface area contributed by atoms with Gasteiger partial charge in [0.1, 0.15) is 5.75 Å². The molecular weight excluding hydrogens is 600 g/mol. The summed E-state index contributed by atoms with van der Waals surface area (Å²) in [5.41, 5.74) is 5.83. The third kappa shape index (κ3) is 4.33. The van der Waals surface area contributed by atoms with Gasteiger partial charge in [-0.25, -0.2) is 0 Å². The molecule has 5 fully saturated rings. The molecule has 43 heavy (non-hydrogen) atoms. The first kappa shape index (κ1) is 31.4. The number of fused-ring (bicyclic) bond motifs is 7. The molecule has 2 unspecified atom stereocenters. The quantitative estimate of drug-likeness (QED) is 0.310. The number of ether oxygens (including phenoxy) is 1. The van der Waals surface area contributed by atoms with Crippen molar-refractivity contribution in [1.82, 2.24) is 0 Å². The molecule has 0 saturated heterocycles. The van der Waals surface area contributed by atoms with E-state index in [0.29, 0.717) is 35.5 Å². The van der Waals surface area contributed by atoms with Crippen molar-refractivity contribution in [3.05, 3.63) is 22.7 Å². The molecule has 0 bridgehead atoms. The second kappa shape index (κ2) is 10.5. The molecule has 2 N–H and O–H groups in total. The van der Waals surface area contributed by atoms with Crippen molar-refractivity contribution >= 4 is 33.3 Å². The van der Waals surface area contributed by atoms with Gasteiger partial charge in [0.15, 0.2) is 0 Å². The largest absolute Gasteiger partial charge is 0.495 e. The van der Waals surface area contributed by atoms with Crippen molar-refractivity contribution < 1.29 is 14.6 Å². The van der Waals surface area contributed by atoms with Gasteiger partial charge in [-0.15, -0.1) is 0 Å². The van der Waals surface area contributed by atoms with Crippen molar-refractivity contribution in [2.24, 2.45) is 67.7 Å². The summed E-state index contributed by atoms with van der Waals surface area (Å²) in [6.45, 7) is 17.5. The van der Waals surface area contributed by atoms with Crippen LogP contribution in [0.5, 0.6) is 5.75 Å². The molecule has 0 amide bonds. The van der Waals surface area contributed by atoms with Gasteiger partial charge in [0.2, 0.25) is 0 Å². The molecule has 0 heterocycles. The third-order valence-corrected chi connectivity index (χ3v) is 15.7. The van der Waals surface area contributed by atoms with Crippen LogP contribution < -0.4 is 10.2 Å². The van der Waals surface area contributed by atoms with Gasteiger partial charge >= 0.3 is 5.97 Å². The van der Waals surface area contributed by atoms with Crippen LogP contribution in [-0.4, -0.2) is 23.9 Å². The summed E-state index contributed by atoms with van der Waals surface area (Å²) < 4.78 is 6.44. The number of hydrazone groups is 1. The lowest BCUT2D eigenvalue weighted by Crippen LogP contribution is -2.66. The topological polar surface area (TPSA) is 70.9 Å². The molecule has 5 nitrogen and oxygen atoms in total. The second-order valence-electron chi connectivity index (χ2n) is 16.8. The Morgan fingerprint density at radius 3 is 2.40 bits per heavy atom. The van der Waals surface area contributed by atoms with Crippen LogP contribution in [0.2, 0.25) is 0 Å². The van der Waals surface area contributed by atoms with E-state index < -0.39 is 11.4 Å². The van der Waals surface area contributed by atoms with Crippen molar-refractivity contribution in [3.8, 4) is 5.75 Å². The molecule has 1 aromatic rings. The zero-order chi connectivity index (χ0) is 31.2. The molecule has 0 radical (unpaired) electrons. The van der Waals surface area contributed by atoms with Gasteiger partial charge in [-0.1, -0.05) is 48.5 Å². The fourth-order valence-electron chi connectivity index (χ4n) is 12.6. The molecule has 6 rings (SSSR count). The highest BCUT2D eigenvalue weighted by Crippen LogP contribution is 2.77. The predicted octanol–water partition coefficient (Wildman–Crippen LogP) is 10.0. The molecular formula is C37H55BrN2O3. The number of hydrogen-bond donors (Lipinski definition) is 2. The van der Waals surface area contributed by atoms with Crippen molar-refractivity contribution in [1.29, 1.82) is 0 Å². The Labute approximate surface area is 268 Å². The van der Waals surface area contributed by atoms with Gasteiger partial charge in [-0.05, 0) is 144 Å².